The lowest BCUT2D eigenvalue weighted by Crippen LogP contribution is -2.45. The molecule has 158 valence electrons. The Balaban J connectivity index is 1.58. The lowest BCUT2D eigenvalue weighted by molar-refractivity contribution is -0.124. The van der Waals surface area contributed by atoms with Gasteiger partial charge in [-0.05, 0) is 48.1 Å². The van der Waals surface area contributed by atoms with Crippen LogP contribution in [0.1, 0.15) is 54.2 Å². The van der Waals surface area contributed by atoms with Crippen molar-refractivity contribution in [1.29, 1.82) is 0 Å². The summed E-state index contributed by atoms with van der Waals surface area (Å²) in [6, 6.07) is 11.6. The molecule has 1 fully saturated rings. The molecule has 1 aliphatic rings. The molecule has 7 heteroatoms. The monoisotopic (exact) mass is 408 g/mol. The average Bonchev–Trinajstić information content (AvgIpc) is 2.78. The van der Waals surface area contributed by atoms with Gasteiger partial charge in [-0.2, -0.15) is 0 Å². The largest absolute Gasteiger partial charge is 0.371 e. The number of para-hydroxylation sites is 1. The predicted octanol–water partition coefficient (Wildman–Crippen LogP) is 3.12. The first-order chi connectivity index (χ1) is 14.5. The molecule has 1 aliphatic heterocycles. The molecule has 0 saturated carbocycles. The highest BCUT2D eigenvalue weighted by Gasteiger charge is 2.22. The van der Waals surface area contributed by atoms with E-state index in [9.17, 15) is 9.59 Å². The van der Waals surface area contributed by atoms with Gasteiger partial charge in [-0.3, -0.25) is 19.8 Å². The lowest BCUT2D eigenvalue weighted by atomic mass is 10.0. The van der Waals surface area contributed by atoms with E-state index >= 15 is 0 Å². The van der Waals surface area contributed by atoms with Crippen LogP contribution in [0.15, 0.2) is 48.7 Å². The molecule has 1 aromatic carbocycles. The van der Waals surface area contributed by atoms with E-state index in [1.807, 2.05) is 30.3 Å². The number of hydrogen-bond acceptors (Lipinski definition) is 5. The van der Waals surface area contributed by atoms with Gasteiger partial charge in [-0.25, -0.2) is 5.48 Å². The van der Waals surface area contributed by atoms with Gasteiger partial charge in [0.2, 0.25) is 0 Å². The number of carbonyl (C=O) groups excluding carboxylic acids is 2. The number of nitrogens with zero attached hydrogens (tertiary/aromatic N) is 2. The molecule has 30 heavy (non-hydrogen) atoms. The van der Waals surface area contributed by atoms with Crippen LogP contribution < -0.4 is 15.7 Å². The van der Waals surface area contributed by atoms with Gasteiger partial charge in [0.05, 0.1) is 0 Å². The van der Waals surface area contributed by atoms with Crippen molar-refractivity contribution in [1.82, 2.24) is 15.8 Å². The number of amides is 2. The van der Waals surface area contributed by atoms with E-state index in [1.165, 1.54) is 6.08 Å². The Morgan fingerprint density at radius 3 is 2.53 bits per heavy atom. The Kier molecular flexibility index (Phi) is 7.19. The van der Waals surface area contributed by atoms with Gasteiger partial charge in [-0.15, -0.1) is 0 Å². The van der Waals surface area contributed by atoms with Gasteiger partial charge in [0.1, 0.15) is 5.69 Å². The van der Waals surface area contributed by atoms with E-state index in [-0.39, 0.29) is 11.9 Å². The summed E-state index contributed by atoms with van der Waals surface area (Å²) < 4.78 is 0. The van der Waals surface area contributed by atoms with Crippen molar-refractivity contribution >= 4 is 23.6 Å². The molecule has 0 bridgehead atoms. The molecule has 7 nitrogen and oxygen atoms in total. The quantitative estimate of drug-likeness (QED) is 0.388. The summed E-state index contributed by atoms with van der Waals surface area (Å²) in [6.07, 6.45) is 6.39. The molecule has 0 radical (unpaired) electrons. The van der Waals surface area contributed by atoms with Crippen molar-refractivity contribution < 1.29 is 14.8 Å². The molecule has 2 aromatic rings. The molecule has 2 amide bonds. The number of anilines is 1. The van der Waals surface area contributed by atoms with Crippen molar-refractivity contribution in [3.8, 4) is 0 Å². The first-order valence-electron chi connectivity index (χ1n) is 10.2. The zero-order valence-electron chi connectivity index (χ0n) is 17.3. The van der Waals surface area contributed by atoms with Crippen LogP contribution in [0.2, 0.25) is 0 Å². The van der Waals surface area contributed by atoms with Crippen LogP contribution in [0, 0.1) is 0 Å². The third-order valence-electron chi connectivity index (χ3n) is 5.32. The Morgan fingerprint density at radius 1 is 1.17 bits per heavy atom. The van der Waals surface area contributed by atoms with Gasteiger partial charge >= 0.3 is 0 Å². The molecule has 1 saturated heterocycles. The number of nitrogens with one attached hydrogen (secondary N) is 2. The van der Waals surface area contributed by atoms with Crippen molar-refractivity contribution in [3.05, 3.63) is 65.5 Å². The zero-order valence-corrected chi connectivity index (χ0v) is 17.3. The maximum absolute atomic E-state index is 12.5. The SMILES string of the molecule is CC(C)c1ccc(C(=O)NC2CCN(c3ccccc3/C=C/C(=O)NO)CC2)nc1. The number of pyridine rings is 1. The Morgan fingerprint density at radius 2 is 1.90 bits per heavy atom. The topological polar surface area (TPSA) is 94.6 Å². The number of benzene rings is 1. The number of hydroxylamine groups is 1. The van der Waals surface area contributed by atoms with Crippen LogP contribution in [-0.2, 0) is 4.79 Å². The summed E-state index contributed by atoms with van der Waals surface area (Å²) in [5.41, 5.74) is 5.08. The van der Waals surface area contributed by atoms with E-state index in [2.05, 4.69) is 29.0 Å². The molecule has 2 heterocycles. The highest BCUT2D eigenvalue weighted by molar-refractivity contribution is 5.92. The van der Waals surface area contributed by atoms with E-state index in [1.54, 1.807) is 23.8 Å². The van der Waals surface area contributed by atoms with Crippen LogP contribution in [-0.4, -0.2) is 41.1 Å². The van der Waals surface area contributed by atoms with Gasteiger partial charge in [-0.1, -0.05) is 38.1 Å². The number of piperidine rings is 1. The molecule has 1 aromatic heterocycles. The van der Waals surface area contributed by atoms with E-state index in [0.29, 0.717) is 11.6 Å². The first-order valence-corrected chi connectivity index (χ1v) is 10.2. The highest BCUT2D eigenvalue weighted by atomic mass is 16.5. The number of hydrogen-bond donors (Lipinski definition) is 3. The molecule has 0 aliphatic carbocycles. The van der Waals surface area contributed by atoms with Crippen LogP contribution in [0.5, 0.6) is 0 Å². The molecule has 3 rings (SSSR count). The minimum atomic E-state index is -0.568. The van der Waals surface area contributed by atoms with Crippen molar-refractivity contribution in [2.45, 2.75) is 38.6 Å². The van der Waals surface area contributed by atoms with Crippen LogP contribution in [0.4, 0.5) is 5.69 Å². The second kappa shape index (κ2) is 10.0. The fraction of sp³-hybridized carbons (Fsp3) is 0.348. The summed E-state index contributed by atoms with van der Waals surface area (Å²) >= 11 is 0. The smallest absolute Gasteiger partial charge is 0.270 e. The van der Waals surface area contributed by atoms with Crippen molar-refractivity contribution in [3.63, 3.8) is 0 Å². The number of aromatic nitrogens is 1. The summed E-state index contributed by atoms with van der Waals surface area (Å²) in [4.78, 5) is 30.3. The van der Waals surface area contributed by atoms with Crippen LogP contribution in [0.3, 0.4) is 0 Å². The van der Waals surface area contributed by atoms with Crippen molar-refractivity contribution in [2.24, 2.45) is 0 Å². The van der Waals surface area contributed by atoms with Crippen LogP contribution in [0.25, 0.3) is 6.08 Å². The fourth-order valence-corrected chi connectivity index (χ4v) is 3.52. The maximum Gasteiger partial charge on any atom is 0.270 e. The van der Waals surface area contributed by atoms with Gasteiger partial charge in [0, 0.05) is 37.1 Å². The summed E-state index contributed by atoms with van der Waals surface area (Å²) in [6.45, 7) is 5.78. The normalized spacial score (nSPS) is 14.9. The Hall–Kier alpha value is -3.19. The molecular weight excluding hydrogens is 380 g/mol. The predicted molar refractivity (Wildman–Crippen MR) is 116 cm³/mol. The molecule has 0 spiro atoms. The minimum Gasteiger partial charge on any atom is -0.371 e. The number of carbonyl (C=O) groups is 2. The third kappa shape index (κ3) is 5.45. The Labute approximate surface area is 176 Å². The minimum absolute atomic E-state index is 0.100. The van der Waals surface area contributed by atoms with Gasteiger partial charge in [0.25, 0.3) is 11.8 Å². The zero-order chi connectivity index (χ0) is 21.5. The van der Waals surface area contributed by atoms with E-state index in [0.717, 1.165) is 42.7 Å². The first kappa shape index (κ1) is 21.5. The van der Waals surface area contributed by atoms with Crippen LogP contribution >= 0.6 is 0 Å². The van der Waals surface area contributed by atoms with E-state index in [4.69, 9.17) is 5.21 Å². The van der Waals surface area contributed by atoms with E-state index < -0.39 is 5.91 Å². The average molecular weight is 409 g/mol. The Bertz CT molecular complexity index is 901. The summed E-state index contributed by atoms with van der Waals surface area (Å²) in [5, 5.41) is 11.7. The van der Waals surface area contributed by atoms with Gasteiger partial charge < -0.3 is 10.2 Å². The fourth-order valence-electron chi connectivity index (χ4n) is 3.52. The lowest BCUT2D eigenvalue weighted by Gasteiger charge is -2.34. The highest BCUT2D eigenvalue weighted by Crippen LogP contribution is 2.25. The third-order valence-corrected chi connectivity index (χ3v) is 5.32. The molecule has 3 N–H and O–H groups in total. The van der Waals surface area contributed by atoms with Crippen molar-refractivity contribution in [2.75, 3.05) is 18.0 Å². The van der Waals surface area contributed by atoms with Gasteiger partial charge in [0.15, 0.2) is 0 Å². The number of rotatable bonds is 6. The second-order valence-corrected chi connectivity index (χ2v) is 7.73. The molecule has 0 atom stereocenters. The molecule has 0 unspecified atom stereocenters. The molecular formula is C23H28N4O3. The summed E-state index contributed by atoms with van der Waals surface area (Å²) in [5.74, 6) is -0.321. The maximum atomic E-state index is 12.5. The second-order valence-electron chi connectivity index (χ2n) is 7.73. The summed E-state index contributed by atoms with van der Waals surface area (Å²) in [7, 11) is 0. The standard InChI is InChI=1S/C23H28N4O3/c1-16(2)18-7-9-20(24-15-18)23(29)25-19-11-13-27(14-12-19)21-6-4-3-5-17(21)8-10-22(28)26-30/h3-10,15-16,19,30H,11-14H2,1-2H3,(H,25,29)(H,26,28)/b10-8+.